The van der Waals surface area contributed by atoms with Crippen molar-refractivity contribution in [1.82, 2.24) is 4.90 Å². The van der Waals surface area contributed by atoms with Crippen molar-refractivity contribution in [3.8, 4) is 11.8 Å². The third-order valence-electron chi connectivity index (χ3n) is 4.33. The predicted molar refractivity (Wildman–Crippen MR) is 99.2 cm³/mol. The first kappa shape index (κ1) is 19.7. The minimum atomic E-state index is -0.819. The summed E-state index contributed by atoms with van der Waals surface area (Å²) in [6.07, 6.45) is 6.27. The smallest absolute Gasteiger partial charge is 0.303 e. The summed E-state index contributed by atoms with van der Waals surface area (Å²) >= 11 is 0. The summed E-state index contributed by atoms with van der Waals surface area (Å²) in [5.41, 5.74) is 0.815. The van der Waals surface area contributed by atoms with Gasteiger partial charge in [0.15, 0.2) is 0 Å². The Balaban J connectivity index is 1.92. The maximum atomic E-state index is 12.2. The molecule has 1 aliphatic rings. The van der Waals surface area contributed by atoms with E-state index in [0.29, 0.717) is 25.8 Å². The maximum absolute atomic E-state index is 12.2. The second-order valence-electron chi connectivity index (χ2n) is 6.32. The Labute approximate surface area is 154 Å². The van der Waals surface area contributed by atoms with Gasteiger partial charge in [-0.15, -0.1) is 5.92 Å². The first-order valence-electron chi connectivity index (χ1n) is 8.96. The van der Waals surface area contributed by atoms with Crippen LogP contribution in [0.5, 0.6) is 0 Å². The van der Waals surface area contributed by atoms with Gasteiger partial charge in [-0.2, -0.15) is 0 Å². The Hall–Kier alpha value is -2.58. The molecule has 5 heteroatoms. The van der Waals surface area contributed by atoms with E-state index in [9.17, 15) is 14.7 Å². The lowest BCUT2D eigenvalue weighted by Crippen LogP contribution is -2.42. The number of carbonyl (C=O) groups excluding carboxylic acids is 1. The Morgan fingerprint density at radius 2 is 2.08 bits per heavy atom. The number of rotatable bonds is 7. The van der Waals surface area contributed by atoms with Crippen molar-refractivity contribution in [2.75, 3.05) is 6.54 Å². The fraction of sp³-hybridized carbons (Fsp3) is 0.429. The van der Waals surface area contributed by atoms with Gasteiger partial charge < -0.3 is 15.1 Å². The van der Waals surface area contributed by atoms with Crippen LogP contribution in [0.3, 0.4) is 0 Å². The number of hydrogen-bond acceptors (Lipinski definition) is 3. The van der Waals surface area contributed by atoms with Crippen LogP contribution in [-0.2, 0) is 9.59 Å². The number of aliphatic carboxylic acids is 1. The van der Waals surface area contributed by atoms with Crippen LogP contribution in [0.15, 0.2) is 42.5 Å². The van der Waals surface area contributed by atoms with Crippen LogP contribution in [0.2, 0.25) is 0 Å². The van der Waals surface area contributed by atoms with Gasteiger partial charge in [0.05, 0.1) is 18.7 Å². The number of aliphatic hydroxyl groups is 1. The monoisotopic (exact) mass is 355 g/mol. The number of aliphatic hydroxyl groups excluding tert-OH is 1. The number of benzene rings is 1. The van der Waals surface area contributed by atoms with Crippen LogP contribution in [-0.4, -0.2) is 39.6 Å². The van der Waals surface area contributed by atoms with Crippen molar-refractivity contribution < 1.29 is 19.8 Å². The Morgan fingerprint density at radius 1 is 1.31 bits per heavy atom. The van der Waals surface area contributed by atoms with E-state index in [0.717, 1.165) is 18.4 Å². The van der Waals surface area contributed by atoms with Crippen molar-refractivity contribution in [2.45, 2.75) is 50.7 Å². The van der Waals surface area contributed by atoms with Crippen LogP contribution < -0.4 is 0 Å². The van der Waals surface area contributed by atoms with Gasteiger partial charge in [-0.25, -0.2) is 0 Å². The number of carbonyl (C=O) groups is 2. The third kappa shape index (κ3) is 6.38. The van der Waals surface area contributed by atoms with Gasteiger partial charge in [0.2, 0.25) is 5.91 Å². The molecule has 1 amide bonds. The van der Waals surface area contributed by atoms with E-state index in [1.165, 1.54) is 0 Å². The Morgan fingerprint density at radius 3 is 2.81 bits per heavy atom. The Bertz CT molecular complexity index is 687. The lowest BCUT2D eigenvalue weighted by atomic mass is 9.99. The van der Waals surface area contributed by atoms with Crippen molar-refractivity contribution in [3.63, 3.8) is 0 Å². The van der Waals surface area contributed by atoms with Crippen molar-refractivity contribution in [3.05, 3.63) is 48.0 Å². The fourth-order valence-corrected chi connectivity index (χ4v) is 2.90. The largest absolute Gasteiger partial charge is 0.481 e. The fourth-order valence-electron chi connectivity index (χ4n) is 2.90. The summed E-state index contributed by atoms with van der Waals surface area (Å²) in [5.74, 6) is 5.16. The molecule has 1 unspecified atom stereocenters. The van der Waals surface area contributed by atoms with Crippen LogP contribution in [0, 0.1) is 11.8 Å². The number of carboxylic acid groups (broad SMARTS) is 1. The summed E-state index contributed by atoms with van der Waals surface area (Å²) in [7, 11) is 0. The summed E-state index contributed by atoms with van der Waals surface area (Å²) in [4.78, 5) is 24.4. The second kappa shape index (κ2) is 10.4. The van der Waals surface area contributed by atoms with Gasteiger partial charge in [0.25, 0.3) is 0 Å². The zero-order chi connectivity index (χ0) is 18.8. The quantitative estimate of drug-likeness (QED) is 0.448. The molecule has 0 aromatic heterocycles. The lowest BCUT2D eigenvalue weighted by Gasteiger charge is -2.32. The number of hydrogen-bond donors (Lipinski definition) is 2. The molecule has 5 nitrogen and oxygen atoms in total. The highest BCUT2D eigenvalue weighted by atomic mass is 16.4. The topological polar surface area (TPSA) is 77.8 Å². The molecule has 1 saturated heterocycles. The minimum absolute atomic E-state index is 0.0667. The van der Waals surface area contributed by atoms with Gasteiger partial charge in [-0.3, -0.25) is 9.59 Å². The van der Waals surface area contributed by atoms with E-state index >= 15 is 0 Å². The first-order chi connectivity index (χ1) is 12.6. The molecular formula is C21H25NO4. The van der Waals surface area contributed by atoms with E-state index in [1.54, 1.807) is 11.0 Å². The minimum Gasteiger partial charge on any atom is -0.481 e. The van der Waals surface area contributed by atoms with E-state index in [1.807, 2.05) is 36.4 Å². The molecule has 0 aliphatic carbocycles. The molecule has 138 valence electrons. The first-order valence-corrected chi connectivity index (χ1v) is 8.96. The number of likely N-dealkylation sites (tertiary alicyclic amines) is 1. The van der Waals surface area contributed by atoms with Crippen molar-refractivity contribution in [2.24, 2.45) is 0 Å². The number of carboxylic acids is 1. The average molecular weight is 355 g/mol. The molecule has 2 rings (SSSR count). The number of amides is 1. The van der Waals surface area contributed by atoms with E-state index in [4.69, 9.17) is 5.11 Å². The summed E-state index contributed by atoms with van der Waals surface area (Å²) in [6.45, 7) is 0.336. The summed E-state index contributed by atoms with van der Waals surface area (Å²) < 4.78 is 0. The van der Waals surface area contributed by atoms with E-state index < -0.39 is 12.1 Å². The SMILES string of the molecule is O=C(O)CCCC#CCN1C(=O)CCC[C@@H]1/C=C/C(O)c1ccccc1. The number of unbranched alkanes of at least 4 members (excludes halogenated alkanes) is 1. The molecule has 1 aromatic rings. The highest BCUT2D eigenvalue weighted by Gasteiger charge is 2.25. The number of nitrogens with zero attached hydrogens (tertiary/aromatic N) is 1. The van der Waals surface area contributed by atoms with Crippen LogP contribution in [0.4, 0.5) is 0 Å². The predicted octanol–water partition coefficient (Wildman–Crippen LogP) is 2.92. The molecule has 2 N–H and O–H groups in total. The highest BCUT2D eigenvalue weighted by Crippen LogP contribution is 2.21. The Kier molecular flexibility index (Phi) is 7.91. The van der Waals surface area contributed by atoms with Gasteiger partial charge in [0, 0.05) is 19.3 Å². The zero-order valence-corrected chi connectivity index (χ0v) is 14.8. The molecule has 1 aliphatic heterocycles. The van der Waals surface area contributed by atoms with Crippen molar-refractivity contribution >= 4 is 11.9 Å². The van der Waals surface area contributed by atoms with Crippen LogP contribution in [0.1, 0.15) is 50.2 Å². The van der Waals surface area contributed by atoms with Gasteiger partial charge in [0.1, 0.15) is 0 Å². The molecule has 0 bridgehead atoms. The van der Waals surface area contributed by atoms with Crippen LogP contribution >= 0.6 is 0 Å². The van der Waals surface area contributed by atoms with Crippen LogP contribution in [0.25, 0.3) is 0 Å². The standard InChI is InChI=1S/C21H25NO4/c23-19(17-9-4-3-5-10-17)15-14-18-11-8-12-20(24)22(18)16-7-2-1-6-13-21(25)26/h3-5,9-10,14-15,18-19,23H,1,6,8,11-13,16H2,(H,25,26)/b15-14+/t18-,19?/m1/s1. The summed E-state index contributed by atoms with van der Waals surface area (Å²) in [6, 6.07) is 9.31. The molecule has 0 saturated carbocycles. The molecular weight excluding hydrogens is 330 g/mol. The molecule has 1 heterocycles. The zero-order valence-electron chi connectivity index (χ0n) is 14.8. The van der Waals surface area contributed by atoms with Crippen molar-refractivity contribution in [1.29, 1.82) is 0 Å². The second-order valence-corrected chi connectivity index (χ2v) is 6.32. The highest BCUT2D eigenvalue weighted by molar-refractivity contribution is 5.78. The van der Waals surface area contributed by atoms with Gasteiger partial charge >= 0.3 is 5.97 Å². The molecule has 1 aromatic carbocycles. The third-order valence-corrected chi connectivity index (χ3v) is 4.33. The molecule has 26 heavy (non-hydrogen) atoms. The summed E-state index contributed by atoms with van der Waals surface area (Å²) in [5, 5.41) is 18.9. The lowest BCUT2D eigenvalue weighted by molar-refractivity contribution is -0.137. The maximum Gasteiger partial charge on any atom is 0.303 e. The van der Waals surface area contributed by atoms with Gasteiger partial charge in [-0.1, -0.05) is 48.4 Å². The molecule has 0 radical (unpaired) electrons. The molecule has 2 atom stereocenters. The number of piperidine rings is 1. The van der Waals surface area contributed by atoms with E-state index in [2.05, 4.69) is 11.8 Å². The normalized spacial score (nSPS) is 18.4. The van der Waals surface area contributed by atoms with Gasteiger partial charge in [-0.05, 0) is 24.8 Å². The van der Waals surface area contributed by atoms with E-state index in [-0.39, 0.29) is 18.4 Å². The molecule has 1 fully saturated rings. The average Bonchev–Trinajstić information content (AvgIpc) is 2.64. The molecule has 0 spiro atoms.